The Morgan fingerprint density at radius 1 is 1.38 bits per heavy atom. The maximum Gasteiger partial charge on any atom is 0.260 e. The summed E-state index contributed by atoms with van der Waals surface area (Å²) >= 11 is 3.15. The molecule has 0 aromatic carbocycles. The third-order valence-corrected chi connectivity index (χ3v) is 6.42. The van der Waals surface area contributed by atoms with Gasteiger partial charge in [0, 0.05) is 13.6 Å². The monoisotopic (exact) mass is 378 g/mol. The van der Waals surface area contributed by atoms with Crippen molar-refractivity contribution in [3.8, 4) is 0 Å². The van der Waals surface area contributed by atoms with Gasteiger partial charge in [-0.25, -0.2) is 17.8 Å². The lowest BCUT2D eigenvalue weighted by atomic mass is 9.79. The Morgan fingerprint density at radius 2 is 2.00 bits per heavy atom. The lowest BCUT2D eigenvalue weighted by molar-refractivity contribution is 0.236. The molecule has 0 spiro atoms. The van der Waals surface area contributed by atoms with E-state index in [9.17, 15) is 8.42 Å². The Bertz CT molecular complexity index is 572. The zero-order valence-corrected chi connectivity index (χ0v) is 15.2. The van der Waals surface area contributed by atoms with Crippen molar-refractivity contribution in [2.24, 2.45) is 18.4 Å². The molecule has 120 valence electrons. The van der Waals surface area contributed by atoms with Crippen LogP contribution in [0.25, 0.3) is 0 Å². The normalized spacial score (nSPS) is 18.5. The Hall–Kier alpha value is -0.470. The number of nitrogens with one attached hydrogen (secondary N) is 1. The van der Waals surface area contributed by atoms with E-state index < -0.39 is 10.0 Å². The molecule has 1 heterocycles. The van der Waals surface area contributed by atoms with Gasteiger partial charge in [0.1, 0.15) is 0 Å². The molecular formula is C13H23BrN4O2S. The lowest BCUT2D eigenvalue weighted by Gasteiger charge is -2.31. The number of nitrogens with zero attached hydrogens (tertiary/aromatic N) is 3. The lowest BCUT2D eigenvalue weighted by Crippen LogP contribution is -2.37. The summed E-state index contributed by atoms with van der Waals surface area (Å²) in [5.41, 5.74) is 0.0970. The first-order chi connectivity index (χ1) is 9.76. The number of sulfonamides is 1. The van der Waals surface area contributed by atoms with Crippen molar-refractivity contribution in [2.45, 2.75) is 51.0 Å². The summed E-state index contributed by atoms with van der Waals surface area (Å²) in [5.74, 6) is 0.567. The van der Waals surface area contributed by atoms with Crippen molar-refractivity contribution >= 4 is 26.0 Å². The molecule has 0 saturated heterocycles. The van der Waals surface area contributed by atoms with Gasteiger partial charge in [-0.3, -0.25) is 0 Å². The van der Waals surface area contributed by atoms with E-state index in [-0.39, 0.29) is 15.0 Å². The minimum absolute atomic E-state index is 0.0835. The fourth-order valence-electron chi connectivity index (χ4n) is 3.37. The maximum atomic E-state index is 12.5. The summed E-state index contributed by atoms with van der Waals surface area (Å²) in [7, 11) is -2.02. The molecule has 0 amide bonds. The summed E-state index contributed by atoms with van der Waals surface area (Å²) in [4.78, 5) is 0. The van der Waals surface area contributed by atoms with Crippen LogP contribution in [0, 0.1) is 11.3 Å². The molecule has 21 heavy (non-hydrogen) atoms. The van der Waals surface area contributed by atoms with Gasteiger partial charge < -0.3 is 0 Å². The molecule has 1 fully saturated rings. The fourth-order valence-corrected chi connectivity index (χ4v) is 5.62. The average molecular weight is 379 g/mol. The minimum Gasteiger partial charge on any atom is -0.235 e. The molecule has 0 aliphatic heterocycles. The van der Waals surface area contributed by atoms with E-state index in [1.807, 2.05) is 0 Å². The van der Waals surface area contributed by atoms with Crippen LogP contribution in [-0.2, 0) is 17.1 Å². The van der Waals surface area contributed by atoms with Crippen LogP contribution in [-0.4, -0.2) is 30.0 Å². The van der Waals surface area contributed by atoms with Crippen LogP contribution in [0.5, 0.6) is 0 Å². The molecule has 1 aromatic heterocycles. The van der Waals surface area contributed by atoms with Crippen LogP contribution >= 0.6 is 15.9 Å². The second-order valence-corrected chi connectivity index (χ2v) is 8.87. The molecule has 1 aliphatic carbocycles. The molecule has 1 aromatic rings. The number of hydrogen-bond acceptors (Lipinski definition) is 4. The third-order valence-electron chi connectivity index (χ3n) is 4.13. The number of aryl methyl sites for hydroxylation is 1. The number of halogens is 1. The van der Waals surface area contributed by atoms with Crippen LogP contribution < -0.4 is 4.72 Å². The van der Waals surface area contributed by atoms with Gasteiger partial charge in [0.05, 0.1) is 0 Å². The van der Waals surface area contributed by atoms with Gasteiger partial charge in [-0.05, 0) is 46.5 Å². The summed E-state index contributed by atoms with van der Waals surface area (Å²) in [6.45, 7) is 4.87. The van der Waals surface area contributed by atoms with Crippen LogP contribution in [0.3, 0.4) is 0 Å². The highest BCUT2D eigenvalue weighted by Crippen LogP contribution is 2.42. The molecule has 0 bridgehead atoms. The Morgan fingerprint density at radius 3 is 2.48 bits per heavy atom. The molecule has 0 atom stereocenters. The molecule has 2 rings (SSSR count). The first-order valence-corrected chi connectivity index (χ1v) is 9.58. The largest absolute Gasteiger partial charge is 0.260 e. The SMILES string of the molecule is CC(C)CC1(CNS(=O)(=O)c2c(Br)nnn2C)CCCC1. The number of aromatic nitrogens is 3. The van der Waals surface area contributed by atoms with Gasteiger partial charge in [0.2, 0.25) is 5.03 Å². The molecule has 0 unspecified atom stereocenters. The van der Waals surface area contributed by atoms with Crippen LogP contribution in [0.15, 0.2) is 9.63 Å². The maximum absolute atomic E-state index is 12.5. The Labute approximate surface area is 134 Å². The minimum atomic E-state index is -3.60. The topological polar surface area (TPSA) is 76.9 Å². The first-order valence-electron chi connectivity index (χ1n) is 7.31. The van der Waals surface area contributed by atoms with E-state index in [0.717, 1.165) is 19.3 Å². The number of rotatable bonds is 6. The third kappa shape index (κ3) is 3.84. The second kappa shape index (κ2) is 6.34. The highest BCUT2D eigenvalue weighted by Gasteiger charge is 2.36. The average Bonchev–Trinajstić information content (AvgIpc) is 2.95. The Balaban J connectivity index is 2.14. The van der Waals surface area contributed by atoms with E-state index in [1.165, 1.54) is 17.5 Å². The van der Waals surface area contributed by atoms with Gasteiger partial charge in [0.15, 0.2) is 4.60 Å². The zero-order chi connectivity index (χ0) is 15.7. The quantitative estimate of drug-likeness (QED) is 0.824. The van der Waals surface area contributed by atoms with Crippen molar-refractivity contribution in [1.29, 1.82) is 0 Å². The molecule has 1 N–H and O–H groups in total. The highest BCUT2D eigenvalue weighted by molar-refractivity contribution is 9.10. The van der Waals surface area contributed by atoms with Gasteiger partial charge >= 0.3 is 0 Å². The molecule has 1 aliphatic rings. The van der Waals surface area contributed by atoms with Crippen LogP contribution in [0.4, 0.5) is 0 Å². The second-order valence-electron chi connectivity index (χ2n) is 6.44. The molecule has 8 heteroatoms. The van der Waals surface area contributed by atoms with Crippen LogP contribution in [0.1, 0.15) is 46.0 Å². The molecular weight excluding hydrogens is 356 g/mol. The molecule has 6 nitrogen and oxygen atoms in total. The van der Waals surface area contributed by atoms with Gasteiger partial charge in [-0.1, -0.05) is 31.9 Å². The smallest absolute Gasteiger partial charge is 0.235 e. The molecule has 1 saturated carbocycles. The predicted octanol–water partition coefficient (Wildman–Crippen LogP) is 2.46. The Kier molecular flexibility index (Phi) is 5.10. The fraction of sp³-hybridized carbons (Fsp3) is 0.846. The van der Waals surface area contributed by atoms with Crippen molar-refractivity contribution in [3.63, 3.8) is 0 Å². The summed E-state index contributed by atoms with van der Waals surface area (Å²) < 4.78 is 29.3. The van der Waals surface area contributed by atoms with E-state index in [4.69, 9.17) is 0 Å². The summed E-state index contributed by atoms with van der Waals surface area (Å²) in [6, 6.07) is 0. The summed E-state index contributed by atoms with van der Waals surface area (Å²) in [5, 5.41) is 7.55. The van der Waals surface area contributed by atoms with Crippen LogP contribution in [0.2, 0.25) is 0 Å². The van der Waals surface area contributed by atoms with E-state index in [1.54, 1.807) is 7.05 Å². The number of hydrogen-bond donors (Lipinski definition) is 1. The predicted molar refractivity (Wildman–Crippen MR) is 84.2 cm³/mol. The molecule has 0 radical (unpaired) electrons. The van der Waals surface area contributed by atoms with Gasteiger partial charge in [-0.2, -0.15) is 0 Å². The van der Waals surface area contributed by atoms with E-state index >= 15 is 0 Å². The van der Waals surface area contributed by atoms with Crippen molar-refractivity contribution in [2.75, 3.05) is 6.54 Å². The van der Waals surface area contributed by atoms with E-state index in [0.29, 0.717) is 12.5 Å². The summed E-state index contributed by atoms with van der Waals surface area (Å²) in [6.07, 6.45) is 5.62. The van der Waals surface area contributed by atoms with Gasteiger partial charge in [-0.15, -0.1) is 5.10 Å². The van der Waals surface area contributed by atoms with Crippen molar-refractivity contribution < 1.29 is 8.42 Å². The zero-order valence-electron chi connectivity index (χ0n) is 12.8. The van der Waals surface area contributed by atoms with E-state index in [2.05, 4.69) is 44.8 Å². The first kappa shape index (κ1) is 16.9. The van der Waals surface area contributed by atoms with Crippen molar-refractivity contribution in [1.82, 2.24) is 19.7 Å². The highest BCUT2D eigenvalue weighted by atomic mass is 79.9. The standard InChI is InChI=1S/C13H23BrN4O2S/c1-10(2)8-13(6-4-5-7-13)9-15-21(19,20)12-11(14)16-17-18(12)3/h10,15H,4-9H2,1-3H3. The van der Waals surface area contributed by atoms with Gasteiger partial charge in [0.25, 0.3) is 10.0 Å². The van der Waals surface area contributed by atoms with Crippen molar-refractivity contribution in [3.05, 3.63) is 4.60 Å².